The fraction of sp³-hybridized carbons (Fsp3) is 0.320. The zero-order valence-electron chi connectivity index (χ0n) is 20.3. The standard InChI is InChI=1S/C25H27N5O4S2/c1-16-10-12-29(13-11-16)36(32,33)20-7-4-18(5-8-20)24(31)27-23-14-17(2)28-30(23)25-26-21-9-6-19(34-3)15-22(21)35-25/h4-9,14-16H,10-13H2,1-3H3,(H,27,31). The molecule has 0 aliphatic carbocycles. The summed E-state index contributed by atoms with van der Waals surface area (Å²) in [6.07, 6.45) is 1.71. The molecule has 2 aromatic heterocycles. The second-order valence-electron chi connectivity index (χ2n) is 8.98. The molecule has 11 heteroatoms. The number of ether oxygens (including phenoxy) is 1. The van der Waals surface area contributed by atoms with Gasteiger partial charge in [0, 0.05) is 24.7 Å². The molecule has 0 bridgehead atoms. The molecule has 5 rings (SSSR count). The van der Waals surface area contributed by atoms with Gasteiger partial charge in [-0.3, -0.25) is 4.79 Å². The van der Waals surface area contributed by atoms with Gasteiger partial charge in [0.15, 0.2) is 0 Å². The maximum atomic E-state index is 13.0. The predicted molar refractivity (Wildman–Crippen MR) is 140 cm³/mol. The number of rotatable bonds is 6. The van der Waals surface area contributed by atoms with Crippen LogP contribution < -0.4 is 10.1 Å². The fourth-order valence-electron chi connectivity index (χ4n) is 4.19. The van der Waals surface area contributed by atoms with Crippen LogP contribution in [0.5, 0.6) is 5.75 Å². The maximum Gasteiger partial charge on any atom is 0.256 e. The molecule has 188 valence electrons. The number of carbonyl (C=O) groups excluding carboxylic acids is 1. The molecular formula is C25H27N5O4S2. The Hall–Kier alpha value is -3.28. The zero-order valence-corrected chi connectivity index (χ0v) is 21.9. The molecule has 0 atom stereocenters. The third-order valence-electron chi connectivity index (χ3n) is 6.34. The molecule has 1 amide bonds. The Bertz CT molecular complexity index is 1520. The van der Waals surface area contributed by atoms with Gasteiger partial charge in [-0.25, -0.2) is 13.4 Å². The van der Waals surface area contributed by atoms with Crippen LogP contribution in [-0.2, 0) is 10.0 Å². The third kappa shape index (κ3) is 4.73. The topological polar surface area (TPSA) is 106 Å². The Morgan fingerprint density at radius 2 is 1.83 bits per heavy atom. The van der Waals surface area contributed by atoms with E-state index in [4.69, 9.17) is 4.74 Å². The number of fused-ring (bicyclic) bond motifs is 1. The van der Waals surface area contributed by atoms with Crippen LogP contribution in [0.15, 0.2) is 53.4 Å². The van der Waals surface area contributed by atoms with Crippen molar-refractivity contribution >= 4 is 43.3 Å². The van der Waals surface area contributed by atoms with Crippen LogP contribution in [0.3, 0.4) is 0 Å². The summed E-state index contributed by atoms with van der Waals surface area (Å²) >= 11 is 1.44. The van der Waals surface area contributed by atoms with E-state index in [0.29, 0.717) is 35.5 Å². The van der Waals surface area contributed by atoms with Gasteiger partial charge in [-0.1, -0.05) is 18.3 Å². The summed E-state index contributed by atoms with van der Waals surface area (Å²) in [7, 11) is -1.96. The largest absolute Gasteiger partial charge is 0.497 e. The fourth-order valence-corrected chi connectivity index (χ4v) is 6.62. The van der Waals surface area contributed by atoms with Gasteiger partial charge in [-0.15, -0.1) is 0 Å². The molecule has 36 heavy (non-hydrogen) atoms. The van der Waals surface area contributed by atoms with Crippen LogP contribution in [0.1, 0.15) is 35.8 Å². The predicted octanol–water partition coefficient (Wildman–Crippen LogP) is 4.47. The highest BCUT2D eigenvalue weighted by Gasteiger charge is 2.28. The first-order chi connectivity index (χ1) is 17.2. The number of aromatic nitrogens is 3. The van der Waals surface area contributed by atoms with E-state index < -0.39 is 10.0 Å². The van der Waals surface area contributed by atoms with Crippen LogP contribution in [0.4, 0.5) is 5.82 Å². The number of methoxy groups -OCH3 is 1. The van der Waals surface area contributed by atoms with E-state index in [-0.39, 0.29) is 10.8 Å². The van der Waals surface area contributed by atoms with Crippen LogP contribution >= 0.6 is 11.3 Å². The minimum atomic E-state index is -3.57. The first-order valence-corrected chi connectivity index (χ1v) is 13.9. The Morgan fingerprint density at radius 1 is 1.11 bits per heavy atom. The SMILES string of the molecule is COc1ccc2nc(-n3nc(C)cc3NC(=O)c3ccc(S(=O)(=O)N4CCC(C)CC4)cc3)sc2c1. The number of hydrogen-bond acceptors (Lipinski definition) is 7. The summed E-state index contributed by atoms with van der Waals surface area (Å²) in [5.74, 6) is 1.38. The van der Waals surface area contributed by atoms with Crippen molar-refractivity contribution in [2.24, 2.45) is 5.92 Å². The summed E-state index contributed by atoms with van der Waals surface area (Å²) in [6, 6.07) is 13.4. The summed E-state index contributed by atoms with van der Waals surface area (Å²) in [5.41, 5.74) is 1.88. The van der Waals surface area contributed by atoms with E-state index in [9.17, 15) is 13.2 Å². The monoisotopic (exact) mass is 525 g/mol. The molecule has 4 aromatic rings. The summed E-state index contributed by atoms with van der Waals surface area (Å²) < 4.78 is 35.3. The molecule has 1 aliphatic heterocycles. The van der Waals surface area contributed by atoms with E-state index in [1.165, 1.54) is 39.9 Å². The lowest BCUT2D eigenvalue weighted by Gasteiger charge is -2.29. The third-order valence-corrected chi connectivity index (χ3v) is 9.24. The molecular weight excluding hydrogens is 498 g/mol. The second kappa shape index (κ2) is 9.64. The molecule has 0 unspecified atom stereocenters. The number of piperidine rings is 1. The second-order valence-corrected chi connectivity index (χ2v) is 11.9. The molecule has 1 fully saturated rings. The number of sulfonamides is 1. The molecule has 1 N–H and O–H groups in total. The van der Waals surface area contributed by atoms with E-state index in [2.05, 4.69) is 22.3 Å². The van der Waals surface area contributed by atoms with Gasteiger partial charge in [0.2, 0.25) is 15.2 Å². The quantitative estimate of drug-likeness (QED) is 0.398. The smallest absolute Gasteiger partial charge is 0.256 e. The van der Waals surface area contributed by atoms with Gasteiger partial charge < -0.3 is 10.1 Å². The minimum absolute atomic E-state index is 0.194. The summed E-state index contributed by atoms with van der Waals surface area (Å²) in [4.78, 5) is 17.9. The molecule has 2 aromatic carbocycles. The van der Waals surface area contributed by atoms with Crippen molar-refractivity contribution in [2.75, 3.05) is 25.5 Å². The average Bonchev–Trinajstić information content (AvgIpc) is 3.46. The van der Waals surface area contributed by atoms with Crippen molar-refractivity contribution in [1.29, 1.82) is 0 Å². The van der Waals surface area contributed by atoms with E-state index >= 15 is 0 Å². The Morgan fingerprint density at radius 3 is 2.53 bits per heavy atom. The number of hydrogen-bond donors (Lipinski definition) is 1. The lowest BCUT2D eigenvalue weighted by Crippen LogP contribution is -2.37. The average molecular weight is 526 g/mol. The highest BCUT2D eigenvalue weighted by Crippen LogP contribution is 2.30. The Kier molecular flexibility index (Phi) is 6.54. The highest BCUT2D eigenvalue weighted by atomic mass is 32.2. The van der Waals surface area contributed by atoms with Crippen LogP contribution in [0, 0.1) is 12.8 Å². The van der Waals surface area contributed by atoms with Gasteiger partial charge in [0.1, 0.15) is 11.6 Å². The van der Waals surface area contributed by atoms with Crippen molar-refractivity contribution in [3.05, 3.63) is 59.8 Å². The lowest BCUT2D eigenvalue weighted by molar-refractivity contribution is 0.102. The number of benzene rings is 2. The number of aryl methyl sites for hydroxylation is 1. The van der Waals surface area contributed by atoms with Gasteiger partial charge in [0.25, 0.3) is 5.91 Å². The molecule has 0 spiro atoms. The number of nitrogens with one attached hydrogen (secondary N) is 1. The summed E-state index contributed by atoms with van der Waals surface area (Å²) in [5, 5.41) is 8.00. The zero-order chi connectivity index (χ0) is 25.4. The lowest BCUT2D eigenvalue weighted by atomic mass is 10.0. The first kappa shape index (κ1) is 24.4. The Labute approximate surface area is 213 Å². The maximum absolute atomic E-state index is 13.0. The minimum Gasteiger partial charge on any atom is -0.497 e. The van der Waals surface area contributed by atoms with Crippen LogP contribution in [0.25, 0.3) is 15.3 Å². The molecule has 1 saturated heterocycles. The number of thiazole rings is 1. The Balaban J connectivity index is 1.35. The molecule has 0 saturated carbocycles. The van der Waals surface area contributed by atoms with E-state index in [1.807, 2.05) is 25.1 Å². The molecule has 9 nitrogen and oxygen atoms in total. The number of amides is 1. The van der Waals surface area contributed by atoms with Crippen molar-refractivity contribution in [3.63, 3.8) is 0 Å². The first-order valence-electron chi connectivity index (χ1n) is 11.7. The molecule has 0 radical (unpaired) electrons. The van der Waals surface area contributed by atoms with Gasteiger partial charge >= 0.3 is 0 Å². The van der Waals surface area contributed by atoms with Crippen molar-refractivity contribution in [2.45, 2.75) is 31.6 Å². The summed E-state index contributed by atoms with van der Waals surface area (Å²) in [6.45, 7) is 5.02. The van der Waals surface area contributed by atoms with E-state index in [1.54, 1.807) is 17.9 Å². The van der Waals surface area contributed by atoms with Crippen molar-refractivity contribution in [1.82, 2.24) is 19.1 Å². The molecule has 3 heterocycles. The number of anilines is 1. The van der Waals surface area contributed by atoms with Gasteiger partial charge in [-0.2, -0.15) is 14.1 Å². The molecule has 1 aliphatic rings. The number of nitrogens with zero attached hydrogens (tertiary/aromatic N) is 4. The van der Waals surface area contributed by atoms with Crippen LogP contribution in [-0.4, -0.2) is 53.6 Å². The normalized spacial score (nSPS) is 15.3. The van der Waals surface area contributed by atoms with Gasteiger partial charge in [0.05, 0.1) is 27.9 Å². The highest BCUT2D eigenvalue weighted by molar-refractivity contribution is 7.89. The number of carbonyl (C=O) groups is 1. The van der Waals surface area contributed by atoms with Gasteiger partial charge in [-0.05, 0) is 68.1 Å². The van der Waals surface area contributed by atoms with Crippen LogP contribution in [0.2, 0.25) is 0 Å². The van der Waals surface area contributed by atoms with Crippen molar-refractivity contribution in [3.8, 4) is 10.9 Å². The van der Waals surface area contributed by atoms with Crippen molar-refractivity contribution < 1.29 is 17.9 Å². The van der Waals surface area contributed by atoms with E-state index in [0.717, 1.165) is 34.5 Å².